The van der Waals surface area contributed by atoms with Gasteiger partial charge in [-0.2, -0.15) is 0 Å². The first-order valence-corrected chi connectivity index (χ1v) is 9.53. The summed E-state index contributed by atoms with van der Waals surface area (Å²) in [7, 11) is 0. The van der Waals surface area contributed by atoms with Gasteiger partial charge in [-0.3, -0.25) is 0 Å². The van der Waals surface area contributed by atoms with Crippen LogP contribution >= 0.6 is 0 Å². The van der Waals surface area contributed by atoms with Crippen molar-refractivity contribution < 1.29 is 9.53 Å². The predicted molar refractivity (Wildman–Crippen MR) is 110 cm³/mol. The van der Waals surface area contributed by atoms with Crippen LogP contribution in [0.15, 0.2) is 91.0 Å². The maximum Gasteiger partial charge on any atom is 0.143 e. The SMILES string of the molecule is CC(=O)CCCCOC(c1ccccc1)(c1ccccc1)c1ccccc1. The molecule has 138 valence electrons. The molecule has 0 radical (unpaired) electrons. The Bertz CT molecular complexity index is 729. The highest BCUT2D eigenvalue weighted by atomic mass is 16.5. The van der Waals surface area contributed by atoms with Crippen molar-refractivity contribution in [1.82, 2.24) is 0 Å². The normalized spacial score (nSPS) is 11.3. The van der Waals surface area contributed by atoms with Crippen molar-refractivity contribution in [3.63, 3.8) is 0 Å². The number of carbonyl (C=O) groups is 1. The van der Waals surface area contributed by atoms with Crippen LogP contribution in [0, 0.1) is 0 Å². The van der Waals surface area contributed by atoms with Crippen molar-refractivity contribution in [3.05, 3.63) is 108 Å². The Morgan fingerprint density at radius 3 is 1.48 bits per heavy atom. The molecule has 0 N–H and O–H groups in total. The number of unbranched alkanes of at least 4 members (excludes halogenated alkanes) is 1. The van der Waals surface area contributed by atoms with Gasteiger partial charge in [0.1, 0.15) is 11.4 Å². The van der Waals surface area contributed by atoms with Gasteiger partial charge in [0.2, 0.25) is 0 Å². The van der Waals surface area contributed by atoms with Crippen molar-refractivity contribution in [2.75, 3.05) is 6.61 Å². The first-order chi connectivity index (χ1) is 13.2. The van der Waals surface area contributed by atoms with Gasteiger partial charge in [-0.05, 0) is 36.5 Å². The summed E-state index contributed by atoms with van der Waals surface area (Å²) in [4.78, 5) is 11.2. The number of ether oxygens (including phenoxy) is 1. The lowest BCUT2D eigenvalue weighted by atomic mass is 9.80. The Morgan fingerprint density at radius 2 is 1.11 bits per heavy atom. The highest BCUT2D eigenvalue weighted by molar-refractivity contribution is 5.75. The molecule has 0 unspecified atom stereocenters. The van der Waals surface area contributed by atoms with Gasteiger partial charge in [0, 0.05) is 13.0 Å². The molecule has 2 heteroatoms. The third-order valence-electron chi connectivity index (χ3n) is 4.78. The molecule has 27 heavy (non-hydrogen) atoms. The molecule has 0 heterocycles. The Kier molecular flexibility index (Phi) is 6.56. The standard InChI is InChI=1S/C25H26O2/c1-21(26)13-11-12-20-27-25(22-14-5-2-6-15-22,23-16-7-3-8-17-23)24-18-9-4-10-19-24/h2-10,14-19H,11-13,20H2,1H3. The maximum absolute atomic E-state index is 11.2. The number of Topliss-reactive ketones (excluding diaryl/α,β-unsaturated/α-hetero) is 1. The predicted octanol–water partition coefficient (Wildman–Crippen LogP) is 5.75. The molecule has 0 fully saturated rings. The van der Waals surface area contributed by atoms with Crippen molar-refractivity contribution in [2.45, 2.75) is 31.8 Å². The summed E-state index contributed by atoms with van der Waals surface area (Å²) in [5, 5.41) is 0. The maximum atomic E-state index is 11.2. The molecule has 0 saturated heterocycles. The molecule has 0 saturated carbocycles. The zero-order valence-corrected chi connectivity index (χ0v) is 15.8. The van der Waals surface area contributed by atoms with Gasteiger partial charge in [-0.25, -0.2) is 0 Å². The van der Waals surface area contributed by atoms with Crippen LogP contribution in [0.25, 0.3) is 0 Å². The summed E-state index contributed by atoms with van der Waals surface area (Å²) >= 11 is 0. The third-order valence-corrected chi connectivity index (χ3v) is 4.78. The lowest BCUT2D eigenvalue weighted by Gasteiger charge is -2.36. The Labute approximate surface area is 161 Å². The van der Waals surface area contributed by atoms with Crippen molar-refractivity contribution in [3.8, 4) is 0 Å². The van der Waals surface area contributed by atoms with Crippen molar-refractivity contribution in [2.24, 2.45) is 0 Å². The molecular weight excluding hydrogens is 332 g/mol. The molecule has 0 amide bonds. The van der Waals surface area contributed by atoms with E-state index in [1.165, 1.54) is 0 Å². The van der Waals surface area contributed by atoms with E-state index in [0.29, 0.717) is 13.0 Å². The molecule has 3 aromatic rings. The minimum Gasteiger partial charge on any atom is -0.361 e. The number of ketones is 1. The Morgan fingerprint density at radius 1 is 0.704 bits per heavy atom. The molecule has 0 atom stereocenters. The summed E-state index contributed by atoms with van der Waals surface area (Å²) in [5.74, 6) is 0.232. The number of rotatable bonds is 9. The summed E-state index contributed by atoms with van der Waals surface area (Å²) in [5.41, 5.74) is 2.65. The number of carbonyl (C=O) groups excluding carboxylic acids is 1. The molecule has 0 aliphatic carbocycles. The fourth-order valence-electron chi connectivity index (χ4n) is 3.47. The molecule has 3 aromatic carbocycles. The van der Waals surface area contributed by atoms with Crippen molar-refractivity contribution >= 4 is 5.78 Å². The monoisotopic (exact) mass is 358 g/mol. The molecule has 0 aromatic heterocycles. The lowest BCUT2D eigenvalue weighted by Crippen LogP contribution is -2.33. The summed E-state index contributed by atoms with van der Waals surface area (Å²) < 4.78 is 6.66. The van der Waals surface area contributed by atoms with E-state index in [4.69, 9.17) is 4.74 Å². The molecule has 0 bridgehead atoms. The highest BCUT2D eigenvalue weighted by Gasteiger charge is 2.37. The average Bonchev–Trinajstić information content (AvgIpc) is 2.73. The molecule has 2 nitrogen and oxygen atoms in total. The van der Waals surface area contributed by atoms with Gasteiger partial charge >= 0.3 is 0 Å². The summed E-state index contributed by atoms with van der Waals surface area (Å²) in [6.07, 6.45) is 2.32. The average molecular weight is 358 g/mol. The third kappa shape index (κ3) is 4.53. The second-order valence-electron chi connectivity index (χ2n) is 6.79. The second kappa shape index (κ2) is 9.29. The number of hydrogen-bond donors (Lipinski definition) is 0. The molecule has 0 aliphatic rings. The minimum absolute atomic E-state index is 0.232. The Balaban J connectivity index is 2.02. The molecule has 0 spiro atoms. The Hall–Kier alpha value is -2.71. The van der Waals surface area contributed by atoms with Crippen LogP contribution in [-0.4, -0.2) is 12.4 Å². The van der Waals surface area contributed by atoms with Crippen LogP contribution in [0.4, 0.5) is 0 Å². The van der Waals surface area contributed by atoms with Gasteiger partial charge in [0.25, 0.3) is 0 Å². The van der Waals surface area contributed by atoms with Crippen LogP contribution in [-0.2, 0) is 15.1 Å². The van der Waals surface area contributed by atoms with Gasteiger partial charge in [0.15, 0.2) is 0 Å². The van der Waals surface area contributed by atoms with E-state index in [1.807, 2.05) is 18.2 Å². The van der Waals surface area contributed by atoms with Gasteiger partial charge in [-0.1, -0.05) is 91.0 Å². The quantitative estimate of drug-likeness (QED) is 0.359. The van der Waals surface area contributed by atoms with Gasteiger partial charge in [0.05, 0.1) is 0 Å². The minimum atomic E-state index is -0.667. The van der Waals surface area contributed by atoms with Crippen LogP contribution < -0.4 is 0 Å². The summed E-state index contributed by atoms with van der Waals surface area (Å²) in [6.45, 7) is 2.23. The van der Waals surface area contributed by atoms with E-state index in [-0.39, 0.29) is 5.78 Å². The zero-order chi connectivity index (χ0) is 19.0. The van der Waals surface area contributed by atoms with E-state index < -0.39 is 5.60 Å². The number of benzene rings is 3. The fraction of sp³-hybridized carbons (Fsp3) is 0.240. The van der Waals surface area contributed by atoms with E-state index in [2.05, 4.69) is 72.8 Å². The highest BCUT2D eigenvalue weighted by Crippen LogP contribution is 2.40. The van der Waals surface area contributed by atoms with Crippen LogP contribution in [0.5, 0.6) is 0 Å². The molecular formula is C25H26O2. The number of hydrogen-bond acceptors (Lipinski definition) is 2. The largest absolute Gasteiger partial charge is 0.361 e. The lowest BCUT2D eigenvalue weighted by molar-refractivity contribution is -0.117. The summed E-state index contributed by atoms with van der Waals surface area (Å²) in [6, 6.07) is 31.1. The smallest absolute Gasteiger partial charge is 0.143 e. The second-order valence-corrected chi connectivity index (χ2v) is 6.79. The van der Waals surface area contributed by atoms with E-state index in [0.717, 1.165) is 29.5 Å². The first kappa shape index (κ1) is 19.1. The topological polar surface area (TPSA) is 26.3 Å². The van der Waals surface area contributed by atoms with Crippen LogP contribution in [0.2, 0.25) is 0 Å². The molecule has 0 aliphatic heterocycles. The van der Waals surface area contributed by atoms with Crippen LogP contribution in [0.1, 0.15) is 42.9 Å². The van der Waals surface area contributed by atoms with Gasteiger partial charge in [-0.15, -0.1) is 0 Å². The first-order valence-electron chi connectivity index (χ1n) is 9.53. The zero-order valence-electron chi connectivity index (χ0n) is 15.8. The molecule has 3 rings (SSSR count). The van der Waals surface area contributed by atoms with Gasteiger partial charge < -0.3 is 9.53 Å². The van der Waals surface area contributed by atoms with E-state index >= 15 is 0 Å². The van der Waals surface area contributed by atoms with Crippen molar-refractivity contribution in [1.29, 1.82) is 0 Å². The fourth-order valence-corrected chi connectivity index (χ4v) is 3.47. The van der Waals surface area contributed by atoms with E-state index in [9.17, 15) is 4.79 Å². The van der Waals surface area contributed by atoms with E-state index in [1.54, 1.807) is 6.92 Å². The van der Waals surface area contributed by atoms with Crippen LogP contribution in [0.3, 0.4) is 0 Å².